The number of hydrogen-bond acceptors (Lipinski definition) is 4. The van der Waals surface area contributed by atoms with E-state index in [9.17, 15) is 4.79 Å². The molecule has 0 N–H and O–H groups in total. The summed E-state index contributed by atoms with van der Waals surface area (Å²) in [7, 11) is 3.81. The van der Waals surface area contributed by atoms with E-state index >= 15 is 0 Å². The number of carbonyl (C=O) groups is 1. The predicted molar refractivity (Wildman–Crippen MR) is 75.7 cm³/mol. The first-order chi connectivity index (χ1) is 8.91. The largest absolute Gasteiger partial charge is 0.342 e. The summed E-state index contributed by atoms with van der Waals surface area (Å²) in [6.07, 6.45) is 5.92. The Hall–Kier alpha value is -1.49. The van der Waals surface area contributed by atoms with E-state index < -0.39 is 0 Å². The van der Waals surface area contributed by atoms with E-state index in [1.807, 2.05) is 27.9 Å². The Balaban J connectivity index is 2.49. The van der Waals surface area contributed by atoms with Crippen LogP contribution in [0.15, 0.2) is 18.6 Å². The topological polar surface area (TPSA) is 49.3 Å². The molecule has 1 aromatic heterocycles. The lowest BCUT2D eigenvalue weighted by Gasteiger charge is -2.28. The molecule has 0 aliphatic rings. The molecule has 0 aliphatic carbocycles. The van der Waals surface area contributed by atoms with Gasteiger partial charge in [0.15, 0.2) is 0 Å². The van der Waals surface area contributed by atoms with Crippen LogP contribution in [0.3, 0.4) is 0 Å². The van der Waals surface area contributed by atoms with E-state index in [1.165, 1.54) is 0 Å². The molecule has 0 aliphatic heterocycles. The van der Waals surface area contributed by atoms with E-state index in [0.717, 1.165) is 12.1 Å². The molecular weight excluding hydrogens is 240 g/mol. The highest BCUT2D eigenvalue weighted by molar-refractivity contribution is 5.78. The molecule has 0 aromatic carbocycles. The fourth-order valence-electron chi connectivity index (χ4n) is 1.66. The molecule has 1 atom stereocenters. The number of amides is 1. The van der Waals surface area contributed by atoms with Gasteiger partial charge in [-0.2, -0.15) is 0 Å². The van der Waals surface area contributed by atoms with Crippen molar-refractivity contribution in [2.75, 3.05) is 20.6 Å². The molecular formula is C14H24N4O. The summed E-state index contributed by atoms with van der Waals surface area (Å²) >= 11 is 0. The zero-order valence-electron chi connectivity index (χ0n) is 12.5. The monoisotopic (exact) mass is 264 g/mol. The van der Waals surface area contributed by atoms with Crippen LogP contribution >= 0.6 is 0 Å². The fourth-order valence-corrected chi connectivity index (χ4v) is 1.66. The van der Waals surface area contributed by atoms with Crippen molar-refractivity contribution in [3.8, 4) is 0 Å². The minimum Gasteiger partial charge on any atom is -0.342 e. The quantitative estimate of drug-likeness (QED) is 0.775. The Bertz CT molecular complexity index is 394. The molecule has 0 saturated heterocycles. The van der Waals surface area contributed by atoms with Crippen molar-refractivity contribution in [3.63, 3.8) is 0 Å². The van der Waals surface area contributed by atoms with Crippen molar-refractivity contribution < 1.29 is 4.79 Å². The van der Waals surface area contributed by atoms with Gasteiger partial charge in [0.05, 0.1) is 12.2 Å². The molecule has 0 radical (unpaired) electrons. The van der Waals surface area contributed by atoms with Crippen molar-refractivity contribution in [2.24, 2.45) is 0 Å². The van der Waals surface area contributed by atoms with Crippen LogP contribution < -0.4 is 0 Å². The van der Waals surface area contributed by atoms with Crippen LogP contribution in [0.5, 0.6) is 0 Å². The van der Waals surface area contributed by atoms with Crippen LogP contribution in [0.2, 0.25) is 0 Å². The van der Waals surface area contributed by atoms with Gasteiger partial charge in [-0.25, -0.2) is 0 Å². The summed E-state index contributed by atoms with van der Waals surface area (Å²) in [5.74, 6) is 0.142. The smallest absolute Gasteiger partial charge is 0.236 e. The lowest BCUT2D eigenvalue weighted by Crippen LogP contribution is -2.43. The van der Waals surface area contributed by atoms with Gasteiger partial charge >= 0.3 is 0 Å². The van der Waals surface area contributed by atoms with E-state index in [1.54, 1.807) is 23.5 Å². The van der Waals surface area contributed by atoms with Crippen LogP contribution in [-0.4, -0.2) is 58.4 Å². The van der Waals surface area contributed by atoms with Crippen LogP contribution in [0.4, 0.5) is 0 Å². The highest BCUT2D eigenvalue weighted by Crippen LogP contribution is 2.05. The first-order valence-electron chi connectivity index (χ1n) is 6.62. The van der Waals surface area contributed by atoms with Gasteiger partial charge in [0.1, 0.15) is 0 Å². The molecule has 1 amide bonds. The molecule has 0 bridgehead atoms. The zero-order chi connectivity index (χ0) is 14.4. The SMILES string of the molecule is CC(C)N(C)C(=O)CN(C)[C@H](C)Cc1cnccn1. The van der Waals surface area contributed by atoms with Crippen molar-refractivity contribution in [1.29, 1.82) is 0 Å². The Morgan fingerprint density at radius 3 is 2.47 bits per heavy atom. The Kier molecular flexibility index (Phi) is 5.89. The fraction of sp³-hybridized carbons (Fsp3) is 0.643. The standard InChI is InChI=1S/C14H24N4O/c1-11(2)18(5)14(19)10-17(4)12(3)8-13-9-15-6-7-16-13/h6-7,9,11-12H,8,10H2,1-5H3/t12-/m1/s1. The minimum absolute atomic E-state index is 0.142. The molecule has 0 spiro atoms. The third-order valence-electron chi connectivity index (χ3n) is 3.43. The van der Waals surface area contributed by atoms with Gasteiger partial charge in [-0.1, -0.05) is 0 Å². The number of hydrogen-bond donors (Lipinski definition) is 0. The van der Waals surface area contributed by atoms with E-state index in [2.05, 4.69) is 21.8 Å². The summed E-state index contributed by atoms with van der Waals surface area (Å²) in [5.41, 5.74) is 0.950. The van der Waals surface area contributed by atoms with Gasteiger partial charge in [-0.15, -0.1) is 0 Å². The lowest BCUT2D eigenvalue weighted by atomic mass is 10.1. The highest BCUT2D eigenvalue weighted by Gasteiger charge is 2.18. The summed E-state index contributed by atoms with van der Waals surface area (Å²) in [4.78, 5) is 24.1. The van der Waals surface area contributed by atoms with Gasteiger partial charge < -0.3 is 4.90 Å². The summed E-state index contributed by atoms with van der Waals surface area (Å²) in [6.45, 7) is 6.55. The van der Waals surface area contributed by atoms with Crippen molar-refractivity contribution in [1.82, 2.24) is 19.8 Å². The van der Waals surface area contributed by atoms with Crippen LogP contribution in [0.25, 0.3) is 0 Å². The predicted octanol–water partition coefficient (Wildman–Crippen LogP) is 1.21. The Labute approximate surface area is 115 Å². The van der Waals surface area contributed by atoms with Crippen LogP contribution in [0, 0.1) is 0 Å². The summed E-state index contributed by atoms with van der Waals surface area (Å²) in [5, 5.41) is 0. The molecule has 1 heterocycles. The number of likely N-dealkylation sites (N-methyl/N-ethyl adjacent to an activating group) is 2. The Morgan fingerprint density at radius 2 is 1.95 bits per heavy atom. The third kappa shape index (κ3) is 4.95. The van der Waals surface area contributed by atoms with E-state index in [4.69, 9.17) is 0 Å². The lowest BCUT2D eigenvalue weighted by molar-refractivity contribution is -0.132. The van der Waals surface area contributed by atoms with Gasteiger partial charge in [0.25, 0.3) is 0 Å². The maximum Gasteiger partial charge on any atom is 0.236 e. The number of aromatic nitrogens is 2. The van der Waals surface area contributed by atoms with E-state index in [0.29, 0.717) is 6.54 Å². The molecule has 0 fully saturated rings. The maximum absolute atomic E-state index is 12.0. The average molecular weight is 264 g/mol. The van der Waals surface area contributed by atoms with Gasteiger partial charge in [-0.3, -0.25) is 19.7 Å². The summed E-state index contributed by atoms with van der Waals surface area (Å²) < 4.78 is 0. The third-order valence-corrected chi connectivity index (χ3v) is 3.43. The summed E-state index contributed by atoms with van der Waals surface area (Å²) in [6, 6.07) is 0.484. The number of rotatable bonds is 6. The van der Waals surface area contributed by atoms with Gasteiger partial charge in [0.2, 0.25) is 5.91 Å². The molecule has 0 saturated carbocycles. The second kappa shape index (κ2) is 7.19. The van der Waals surface area contributed by atoms with Crippen LogP contribution in [-0.2, 0) is 11.2 Å². The van der Waals surface area contributed by atoms with Crippen molar-refractivity contribution in [3.05, 3.63) is 24.3 Å². The molecule has 1 rings (SSSR count). The van der Waals surface area contributed by atoms with Crippen molar-refractivity contribution >= 4 is 5.91 Å². The van der Waals surface area contributed by atoms with Gasteiger partial charge in [0, 0.05) is 44.1 Å². The van der Waals surface area contributed by atoms with E-state index in [-0.39, 0.29) is 18.0 Å². The van der Waals surface area contributed by atoms with Gasteiger partial charge in [-0.05, 0) is 27.8 Å². The number of nitrogens with zero attached hydrogens (tertiary/aromatic N) is 4. The molecule has 1 aromatic rings. The number of carbonyl (C=O) groups excluding carboxylic acids is 1. The molecule has 19 heavy (non-hydrogen) atoms. The van der Waals surface area contributed by atoms with Crippen LogP contribution in [0.1, 0.15) is 26.5 Å². The molecule has 5 heteroatoms. The Morgan fingerprint density at radius 1 is 1.26 bits per heavy atom. The second-order valence-corrected chi connectivity index (χ2v) is 5.26. The molecule has 106 valence electrons. The molecule has 0 unspecified atom stereocenters. The normalized spacial score (nSPS) is 12.8. The zero-order valence-corrected chi connectivity index (χ0v) is 12.5. The minimum atomic E-state index is 0.142. The second-order valence-electron chi connectivity index (χ2n) is 5.26. The maximum atomic E-state index is 12.0. The highest BCUT2D eigenvalue weighted by atomic mass is 16.2. The van der Waals surface area contributed by atoms with Crippen molar-refractivity contribution in [2.45, 2.75) is 39.3 Å². The molecule has 5 nitrogen and oxygen atoms in total. The average Bonchev–Trinajstić information content (AvgIpc) is 2.38. The first-order valence-corrected chi connectivity index (χ1v) is 6.62. The first kappa shape index (κ1) is 15.6.